The van der Waals surface area contributed by atoms with Gasteiger partial charge in [0.2, 0.25) is 0 Å². The zero-order valence-electron chi connectivity index (χ0n) is 12.2. The third-order valence-electron chi connectivity index (χ3n) is 3.68. The number of nitrogens with two attached hydrogens (primary N) is 1. The predicted molar refractivity (Wildman–Crippen MR) is 84.7 cm³/mol. The highest BCUT2D eigenvalue weighted by Gasteiger charge is 2.20. The number of carboxylic acid groups (broad SMARTS) is 1. The maximum Gasteiger partial charge on any atom is 0.320 e. The summed E-state index contributed by atoms with van der Waals surface area (Å²) in [5.74, 6) is -1.01. The van der Waals surface area contributed by atoms with E-state index in [2.05, 4.69) is 4.98 Å². The molecule has 1 aromatic carbocycles. The molecule has 3 N–H and O–H groups in total. The average Bonchev–Trinajstić information content (AvgIpc) is 2.87. The van der Waals surface area contributed by atoms with Crippen LogP contribution in [0.3, 0.4) is 0 Å². The number of aryl methyl sites for hydroxylation is 1. The summed E-state index contributed by atoms with van der Waals surface area (Å²) in [7, 11) is 0. The number of aliphatic carboxylic acids is 1. The van der Waals surface area contributed by atoms with Gasteiger partial charge < -0.3 is 15.2 Å². The van der Waals surface area contributed by atoms with Crippen molar-refractivity contribution < 1.29 is 9.90 Å². The van der Waals surface area contributed by atoms with E-state index in [-0.39, 0.29) is 6.42 Å². The van der Waals surface area contributed by atoms with E-state index >= 15 is 0 Å². The largest absolute Gasteiger partial charge is 0.480 e. The van der Waals surface area contributed by atoms with Gasteiger partial charge in [0.25, 0.3) is 0 Å². The zero-order valence-corrected chi connectivity index (χ0v) is 12.2. The van der Waals surface area contributed by atoms with Crippen LogP contribution in [0.1, 0.15) is 11.3 Å². The van der Waals surface area contributed by atoms with Gasteiger partial charge in [-0.05, 0) is 19.1 Å². The SMILES string of the molecule is Cc1ccc(-c2nc3ccccn3c2CC(N)C(=O)O)cc1. The summed E-state index contributed by atoms with van der Waals surface area (Å²) in [6, 6.07) is 12.8. The Labute approximate surface area is 128 Å². The molecule has 0 spiro atoms. The van der Waals surface area contributed by atoms with Crippen molar-refractivity contribution in [3.05, 3.63) is 59.9 Å². The number of rotatable bonds is 4. The van der Waals surface area contributed by atoms with Crippen molar-refractivity contribution in [2.24, 2.45) is 5.73 Å². The van der Waals surface area contributed by atoms with E-state index in [0.29, 0.717) is 0 Å². The molecule has 3 aromatic rings. The van der Waals surface area contributed by atoms with Crippen LogP contribution in [0.25, 0.3) is 16.9 Å². The minimum absolute atomic E-state index is 0.226. The smallest absolute Gasteiger partial charge is 0.320 e. The van der Waals surface area contributed by atoms with Gasteiger partial charge in [-0.25, -0.2) is 4.98 Å². The molecule has 0 fully saturated rings. The summed E-state index contributed by atoms with van der Waals surface area (Å²) in [4.78, 5) is 15.7. The first-order valence-electron chi connectivity index (χ1n) is 7.07. The van der Waals surface area contributed by atoms with E-state index in [0.717, 1.165) is 28.2 Å². The third kappa shape index (κ3) is 2.58. The highest BCUT2D eigenvalue weighted by atomic mass is 16.4. The van der Waals surface area contributed by atoms with Crippen molar-refractivity contribution in [3.63, 3.8) is 0 Å². The van der Waals surface area contributed by atoms with Crippen LogP contribution in [-0.4, -0.2) is 26.5 Å². The second-order valence-electron chi connectivity index (χ2n) is 5.35. The Balaban J connectivity index is 2.16. The fraction of sp³-hybridized carbons (Fsp3) is 0.176. The van der Waals surface area contributed by atoms with Crippen molar-refractivity contribution in [1.82, 2.24) is 9.38 Å². The molecule has 0 aliphatic heterocycles. The molecule has 2 heterocycles. The Hall–Kier alpha value is -2.66. The molecule has 2 aromatic heterocycles. The quantitative estimate of drug-likeness (QED) is 0.773. The predicted octanol–water partition coefficient (Wildman–Crippen LogP) is 2.26. The van der Waals surface area contributed by atoms with Gasteiger partial charge in [0.05, 0.1) is 11.4 Å². The average molecular weight is 295 g/mol. The van der Waals surface area contributed by atoms with Gasteiger partial charge in [-0.3, -0.25) is 4.79 Å². The molecule has 0 amide bonds. The van der Waals surface area contributed by atoms with Crippen LogP contribution in [0, 0.1) is 6.92 Å². The molecule has 22 heavy (non-hydrogen) atoms. The minimum Gasteiger partial charge on any atom is -0.480 e. The van der Waals surface area contributed by atoms with Crippen LogP contribution in [-0.2, 0) is 11.2 Å². The first-order valence-corrected chi connectivity index (χ1v) is 7.07. The Bertz CT molecular complexity index is 822. The normalized spacial score (nSPS) is 12.5. The van der Waals surface area contributed by atoms with Crippen LogP contribution in [0.2, 0.25) is 0 Å². The molecule has 1 unspecified atom stereocenters. The highest BCUT2D eigenvalue weighted by molar-refractivity contribution is 5.75. The van der Waals surface area contributed by atoms with Gasteiger partial charge in [0.15, 0.2) is 0 Å². The summed E-state index contributed by atoms with van der Waals surface area (Å²) < 4.78 is 1.90. The zero-order chi connectivity index (χ0) is 15.7. The Morgan fingerprint density at radius 2 is 2.00 bits per heavy atom. The van der Waals surface area contributed by atoms with Crippen molar-refractivity contribution >= 4 is 11.6 Å². The molecule has 1 atom stereocenters. The molecule has 0 aliphatic rings. The fourth-order valence-electron chi connectivity index (χ4n) is 2.48. The van der Waals surface area contributed by atoms with Crippen molar-refractivity contribution in [2.75, 3.05) is 0 Å². The second-order valence-corrected chi connectivity index (χ2v) is 5.35. The summed E-state index contributed by atoms with van der Waals surface area (Å²) in [5, 5.41) is 9.10. The van der Waals surface area contributed by atoms with Crippen LogP contribution < -0.4 is 5.73 Å². The maximum absolute atomic E-state index is 11.1. The van der Waals surface area contributed by atoms with Gasteiger partial charge in [0.1, 0.15) is 11.7 Å². The lowest BCUT2D eigenvalue weighted by Crippen LogP contribution is -2.32. The maximum atomic E-state index is 11.1. The van der Waals surface area contributed by atoms with Crippen LogP contribution in [0.15, 0.2) is 48.7 Å². The molecule has 0 saturated heterocycles. The van der Waals surface area contributed by atoms with E-state index < -0.39 is 12.0 Å². The second kappa shape index (κ2) is 5.61. The molecule has 0 radical (unpaired) electrons. The van der Waals surface area contributed by atoms with E-state index in [1.807, 2.05) is 60.0 Å². The lowest BCUT2D eigenvalue weighted by Gasteiger charge is -2.09. The number of hydrogen-bond acceptors (Lipinski definition) is 3. The number of aromatic nitrogens is 2. The molecule has 5 nitrogen and oxygen atoms in total. The Kier molecular flexibility index (Phi) is 3.65. The molecule has 0 aliphatic carbocycles. The first-order chi connectivity index (χ1) is 10.6. The summed E-state index contributed by atoms with van der Waals surface area (Å²) in [6.45, 7) is 2.02. The summed E-state index contributed by atoms with van der Waals surface area (Å²) >= 11 is 0. The van der Waals surface area contributed by atoms with Crippen LogP contribution >= 0.6 is 0 Å². The molecular formula is C17H17N3O2. The fourth-order valence-corrected chi connectivity index (χ4v) is 2.48. The topological polar surface area (TPSA) is 80.6 Å². The van der Waals surface area contributed by atoms with E-state index in [9.17, 15) is 4.79 Å². The molecular weight excluding hydrogens is 278 g/mol. The Morgan fingerprint density at radius 3 is 2.68 bits per heavy atom. The van der Waals surface area contributed by atoms with Crippen molar-refractivity contribution in [1.29, 1.82) is 0 Å². The monoisotopic (exact) mass is 295 g/mol. The van der Waals surface area contributed by atoms with Gasteiger partial charge in [-0.2, -0.15) is 0 Å². The number of benzene rings is 1. The van der Waals surface area contributed by atoms with Gasteiger partial charge in [-0.15, -0.1) is 0 Å². The summed E-state index contributed by atoms with van der Waals surface area (Å²) in [6.07, 6.45) is 2.10. The van der Waals surface area contributed by atoms with E-state index in [1.54, 1.807) is 0 Å². The molecule has 0 saturated carbocycles. The lowest BCUT2D eigenvalue weighted by atomic mass is 10.0. The Morgan fingerprint density at radius 1 is 1.27 bits per heavy atom. The van der Waals surface area contributed by atoms with E-state index in [4.69, 9.17) is 10.8 Å². The van der Waals surface area contributed by atoms with Crippen LogP contribution in [0.5, 0.6) is 0 Å². The lowest BCUT2D eigenvalue weighted by molar-refractivity contribution is -0.138. The minimum atomic E-state index is -1.01. The number of pyridine rings is 1. The number of fused-ring (bicyclic) bond motifs is 1. The number of nitrogens with zero attached hydrogens (tertiary/aromatic N) is 2. The number of imidazole rings is 1. The molecule has 3 rings (SSSR count). The first kappa shape index (κ1) is 14.3. The standard InChI is InChI=1S/C17H17N3O2/c1-11-5-7-12(8-6-11)16-14(10-13(18)17(21)22)20-9-3-2-4-15(20)19-16/h2-9,13H,10,18H2,1H3,(H,21,22). The van der Waals surface area contributed by atoms with Crippen molar-refractivity contribution in [2.45, 2.75) is 19.4 Å². The highest BCUT2D eigenvalue weighted by Crippen LogP contribution is 2.25. The number of hydrogen-bond donors (Lipinski definition) is 2. The molecule has 112 valence electrons. The number of carbonyl (C=O) groups is 1. The van der Waals surface area contributed by atoms with E-state index in [1.165, 1.54) is 0 Å². The van der Waals surface area contributed by atoms with Gasteiger partial charge in [0, 0.05) is 18.2 Å². The third-order valence-corrected chi connectivity index (χ3v) is 3.68. The van der Waals surface area contributed by atoms with Gasteiger partial charge in [-0.1, -0.05) is 35.9 Å². The molecule has 5 heteroatoms. The summed E-state index contributed by atoms with van der Waals surface area (Å²) in [5.41, 5.74) is 10.2. The van der Waals surface area contributed by atoms with Gasteiger partial charge >= 0.3 is 5.97 Å². The number of carboxylic acids is 1. The van der Waals surface area contributed by atoms with Crippen LogP contribution in [0.4, 0.5) is 0 Å². The molecule has 0 bridgehead atoms. The van der Waals surface area contributed by atoms with Crippen molar-refractivity contribution in [3.8, 4) is 11.3 Å².